The number of anilines is 1. The van der Waals surface area contributed by atoms with Crippen molar-refractivity contribution in [1.82, 2.24) is 0 Å². The largest absolute Gasteiger partial charge is 0.366 e. The van der Waals surface area contributed by atoms with Gasteiger partial charge in [-0.05, 0) is 23.6 Å². The van der Waals surface area contributed by atoms with Crippen LogP contribution in [-0.2, 0) is 4.74 Å². The maximum absolute atomic E-state index is 8.87. The van der Waals surface area contributed by atoms with Crippen molar-refractivity contribution in [3.05, 3.63) is 29.8 Å². The molecule has 0 spiro atoms. The molecule has 0 radical (unpaired) electrons. The lowest BCUT2D eigenvalue weighted by atomic mass is 10.0. The summed E-state index contributed by atoms with van der Waals surface area (Å²) >= 11 is 0. The maximum atomic E-state index is 8.87. The molecule has 3 heteroatoms. The lowest BCUT2D eigenvalue weighted by molar-refractivity contribution is 0.0764. The lowest BCUT2D eigenvalue weighted by Gasteiger charge is -2.31. The van der Waals surface area contributed by atoms with Gasteiger partial charge in [0.15, 0.2) is 6.10 Å². The smallest absolute Gasteiger partial charge is 0.161 e. The van der Waals surface area contributed by atoms with Crippen molar-refractivity contribution in [1.29, 1.82) is 5.26 Å². The molecule has 1 unspecified atom stereocenters. The topological polar surface area (TPSA) is 36.3 Å². The summed E-state index contributed by atoms with van der Waals surface area (Å²) in [4.78, 5) is 2.21. The third-order valence-electron chi connectivity index (χ3n) is 3.14. The minimum atomic E-state index is -0.298. The first kappa shape index (κ1) is 11.9. The Kier molecular flexibility index (Phi) is 3.65. The second-order valence-corrected chi connectivity index (χ2v) is 4.68. The van der Waals surface area contributed by atoms with Crippen molar-refractivity contribution in [3.63, 3.8) is 0 Å². The van der Waals surface area contributed by atoms with Crippen molar-refractivity contribution in [2.75, 3.05) is 24.6 Å². The van der Waals surface area contributed by atoms with Crippen LogP contribution in [0.4, 0.5) is 5.69 Å². The van der Waals surface area contributed by atoms with Gasteiger partial charge in [-0.2, -0.15) is 5.26 Å². The van der Waals surface area contributed by atoms with E-state index in [0.717, 1.165) is 6.54 Å². The molecule has 1 atom stereocenters. The van der Waals surface area contributed by atoms with Gasteiger partial charge in [0.25, 0.3) is 0 Å². The van der Waals surface area contributed by atoms with Crippen LogP contribution in [0.1, 0.15) is 25.3 Å². The van der Waals surface area contributed by atoms with Crippen LogP contribution >= 0.6 is 0 Å². The lowest BCUT2D eigenvalue weighted by Crippen LogP contribution is -2.41. The van der Waals surface area contributed by atoms with Gasteiger partial charge in [-0.15, -0.1) is 0 Å². The monoisotopic (exact) mass is 230 g/mol. The number of hydrogen-bond acceptors (Lipinski definition) is 3. The Morgan fingerprint density at radius 1 is 1.35 bits per heavy atom. The molecule has 90 valence electrons. The second kappa shape index (κ2) is 5.20. The van der Waals surface area contributed by atoms with E-state index in [2.05, 4.69) is 49.1 Å². The van der Waals surface area contributed by atoms with Crippen LogP contribution < -0.4 is 4.90 Å². The minimum Gasteiger partial charge on any atom is -0.366 e. The van der Waals surface area contributed by atoms with Crippen LogP contribution in [0.5, 0.6) is 0 Å². The van der Waals surface area contributed by atoms with Gasteiger partial charge in [0.1, 0.15) is 0 Å². The Morgan fingerprint density at radius 2 is 2.06 bits per heavy atom. The van der Waals surface area contributed by atoms with Gasteiger partial charge < -0.3 is 9.64 Å². The molecule has 1 aliphatic rings. The van der Waals surface area contributed by atoms with Gasteiger partial charge in [0.05, 0.1) is 19.2 Å². The fourth-order valence-electron chi connectivity index (χ4n) is 2.03. The van der Waals surface area contributed by atoms with E-state index in [1.165, 1.54) is 11.3 Å². The van der Waals surface area contributed by atoms with Crippen LogP contribution in [0.15, 0.2) is 24.3 Å². The number of benzene rings is 1. The highest BCUT2D eigenvalue weighted by Crippen LogP contribution is 2.21. The van der Waals surface area contributed by atoms with E-state index >= 15 is 0 Å². The third kappa shape index (κ3) is 2.78. The first-order valence-corrected chi connectivity index (χ1v) is 6.07. The molecule has 1 aromatic carbocycles. The van der Waals surface area contributed by atoms with E-state index in [9.17, 15) is 0 Å². The maximum Gasteiger partial charge on any atom is 0.161 e. The Balaban J connectivity index is 2.09. The number of hydrogen-bond donors (Lipinski definition) is 0. The van der Waals surface area contributed by atoms with Gasteiger partial charge in [-0.25, -0.2) is 0 Å². The van der Waals surface area contributed by atoms with Gasteiger partial charge in [-0.3, -0.25) is 0 Å². The highest BCUT2D eigenvalue weighted by Gasteiger charge is 2.19. The molecular weight excluding hydrogens is 212 g/mol. The molecule has 1 saturated heterocycles. The van der Waals surface area contributed by atoms with Crippen molar-refractivity contribution in [3.8, 4) is 6.07 Å². The molecule has 1 heterocycles. The number of morpholine rings is 1. The van der Waals surface area contributed by atoms with E-state index in [4.69, 9.17) is 10.00 Å². The predicted octanol–water partition coefficient (Wildman–Crippen LogP) is 2.54. The van der Waals surface area contributed by atoms with E-state index < -0.39 is 0 Å². The summed E-state index contributed by atoms with van der Waals surface area (Å²) in [6.45, 7) is 6.53. The van der Waals surface area contributed by atoms with Crippen LogP contribution in [0.2, 0.25) is 0 Å². The van der Waals surface area contributed by atoms with Crippen LogP contribution in [0.25, 0.3) is 0 Å². The summed E-state index contributed by atoms with van der Waals surface area (Å²) in [5.74, 6) is 0.556. The second-order valence-electron chi connectivity index (χ2n) is 4.68. The number of rotatable bonds is 2. The fourth-order valence-corrected chi connectivity index (χ4v) is 2.03. The van der Waals surface area contributed by atoms with E-state index in [1.807, 2.05) is 0 Å². The van der Waals surface area contributed by atoms with Crippen LogP contribution in [-0.4, -0.2) is 25.8 Å². The van der Waals surface area contributed by atoms with Gasteiger partial charge in [0, 0.05) is 12.2 Å². The van der Waals surface area contributed by atoms with E-state index in [0.29, 0.717) is 19.1 Å². The summed E-state index contributed by atoms with van der Waals surface area (Å²) in [5.41, 5.74) is 2.52. The zero-order valence-corrected chi connectivity index (χ0v) is 10.4. The highest BCUT2D eigenvalue weighted by molar-refractivity contribution is 5.48. The SMILES string of the molecule is CC(C)c1ccc(N2CCOC(C#N)C2)cc1. The standard InChI is InChI=1S/C14H18N2O/c1-11(2)12-3-5-13(6-4-12)16-7-8-17-14(9-15)10-16/h3-6,11,14H,7-8,10H2,1-2H3. The van der Waals surface area contributed by atoms with E-state index in [-0.39, 0.29) is 6.10 Å². The Bertz CT molecular complexity index is 405. The molecule has 3 nitrogen and oxygen atoms in total. The highest BCUT2D eigenvalue weighted by atomic mass is 16.5. The molecule has 0 amide bonds. The van der Waals surface area contributed by atoms with Gasteiger partial charge in [0.2, 0.25) is 0 Å². The third-order valence-corrected chi connectivity index (χ3v) is 3.14. The summed E-state index contributed by atoms with van der Waals surface area (Å²) in [5, 5.41) is 8.87. The minimum absolute atomic E-state index is 0.298. The molecule has 2 rings (SSSR count). The molecule has 0 aliphatic carbocycles. The normalized spacial score (nSPS) is 20.4. The van der Waals surface area contributed by atoms with Gasteiger partial charge >= 0.3 is 0 Å². The molecule has 0 bridgehead atoms. The number of ether oxygens (including phenoxy) is 1. The first-order valence-electron chi connectivity index (χ1n) is 6.07. The molecule has 0 N–H and O–H groups in total. The Morgan fingerprint density at radius 3 is 2.65 bits per heavy atom. The van der Waals surface area contributed by atoms with Crippen molar-refractivity contribution in [2.45, 2.75) is 25.9 Å². The molecule has 17 heavy (non-hydrogen) atoms. The number of nitriles is 1. The van der Waals surface area contributed by atoms with Crippen molar-refractivity contribution < 1.29 is 4.74 Å². The molecule has 1 aliphatic heterocycles. The van der Waals surface area contributed by atoms with Crippen LogP contribution in [0.3, 0.4) is 0 Å². The predicted molar refractivity (Wildman–Crippen MR) is 68.1 cm³/mol. The van der Waals surface area contributed by atoms with Crippen molar-refractivity contribution in [2.24, 2.45) is 0 Å². The zero-order chi connectivity index (χ0) is 12.3. The molecule has 1 aromatic rings. The fraction of sp³-hybridized carbons (Fsp3) is 0.500. The summed E-state index contributed by atoms with van der Waals surface area (Å²) < 4.78 is 5.34. The summed E-state index contributed by atoms with van der Waals surface area (Å²) in [7, 11) is 0. The van der Waals surface area contributed by atoms with Crippen LogP contribution in [0, 0.1) is 11.3 Å². The Labute approximate surface area is 103 Å². The zero-order valence-electron chi connectivity index (χ0n) is 10.4. The quantitative estimate of drug-likeness (QED) is 0.783. The molecule has 0 saturated carbocycles. The van der Waals surface area contributed by atoms with Crippen molar-refractivity contribution >= 4 is 5.69 Å². The Hall–Kier alpha value is -1.53. The van der Waals surface area contributed by atoms with E-state index in [1.54, 1.807) is 0 Å². The average Bonchev–Trinajstić information content (AvgIpc) is 2.39. The number of nitrogens with zero attached hydrogens (tertiary/aromatic N) is 2. The van der Waals surface area contributed by atoms with Gasteiger partial charge in [-0.1, -0.05) is 26.0 Å². The summed E-state index contributed by atoms with van der Waals surface area (Å²) in [6, 6.07) is 10.8. The summed E-state index contributed by atoms with van der Waals surface area (Å²) in [6.07, 6.45) is -0.298. The molecule has 1 fully saturated rings. The molecule has 0 aromatic heterocycles. The average molecular weight is 230 g/mol. The molecular formula is C14H18N2O. The first-order chi connectivity index (χ1) is 8.20.